The van der Waals surface area contributed by atoms with Gasteiger partial charge in [0.15, 0.2) is 0 Å². The molecule has 0 radical (unpaired) electrons. The van der Waals surface area contributed by atoms with E-state index in [1.165, 1.54) is 0 Å². The predicted molar refractivity (Wildman–Crippen MR) is 84.0 cm³/mol. The lowest BCUT2D eigenvalue weighted by atomic mass is 10.2. The Balaban J connectivity index is 2.38. The first-order chi connectivity index (χ1) is 9.42. The average Bonchev–Trinajstić information content (AvgIpc) is 2.43. The Morgan fingerprint density at radius 3 is 2.65 bits per heavy atom. The molecule has 0 aliphatic rings. The quantitative estimate of drug-likeness (QED) is 0.886. The Bertz CT molecular complexity index is 730. The zero-order valence-corrected chi connectivity index (χ0v) is 13.3. The maximum atomic E-state index is 12.4. The fourth-order valence-electron chi connectivity index (χ4n) is 1.75. The van der Waals surface area contributed by atoms with E-state index >= 15 is 0 Å². The van der Waals surface area contributed by atoms with Gasteiger partial charge in [-0.15, -0.1) is 0 Å². The SMILES string of the molecule is Cc1ccc(Br)cc1NS(=O)(=O)c1cccc(CN)c1. The molecule has 0 amide bonds. The summed E-state index contributed by atoms with van der Waals surface area (Å²) < 4.78 is 28.1. The molecule has 0 spiro atoms. The van der Waals surface area contributed by atoms with Crippen molar-refractivity contribution in [2.75, 3.05) is 4.72 Å². The summed E-state index contributed by atoms with van der Waals surface area (Å²) in [5.41, 5.74) is 7.72. The number of benzene rings is 2. The Morgan fingerprint density at radius 2 is 1.95 bits per heavy atom. The fourth-order valence-corrected chi connectivity index (χ4v) is 3.30. The molecule has 4 nitrogen and oxygen atoms in total. The first kappa shape index (κ1) is 15.0. The van der Waals surface area contributed by atoms with Gasteiger partial charge in [-0.1, -0.05) is 34.1 Å². The summed E-state index contributed by atoms with van der Waals surface area (Å²) in [4.78, 5) is 0.208. The molecule has 0 bridgehead atoms. The van der Waals surface area contributed by atoms with E-state index in [-0.39, 0.29) is 4.90 Å². The largest absolute Gasteiger partial charge is 0.326 e. The van der Waals surface area contributed by atoms with Crippen LogP contribution in [0.5, 0.6) is 0 Å². The summed E-state index contributed by atoms with van der Waals surface area (Å²) in [5.74, 6) is 0. The van der Waals surface area contributed by atoms with Crippen LogP contribution in [0.15, 0.2) is 51.8 Å². The molecule has 0 aliphatic carbocycles. The van der Waals surface area contributed by atoms with Crippen LogP contribution in [0.4, 0.5) is 5.69 Å². The van der Waals surface area contributed by atoms with Gasteiger partial charge in [-0.25, -0.2) is 8.42 Å². The van der Waals surface area contributed by atoms with E-state index in [1.54, 1.807) is 30.3 Å². The van der Waals surface area contributed by atoms with Gasteiger partial charge in [-0.2, -0.15) is 0 Å². The molecule has 0 fully saturated rings. The zero-order valence-electron chi connectivity index (χ0n) is 10.9. The van der Waals surface area contributed by atoms with Crippen molar-refractivity contribution in [1.29, 1.82) is 0 Å². The molecule has 2 aromatic carbocycles. The zero-order chi connectivity index (χ0) is 14.8. The number of anilines is 1. The van der Waals surface area contributed by atoms with E-state index in [4.69, 9.17) is 5.73 Å². The molecular formula is C14H15BrN2O2S. The number of aryl methyl sites for hydroxylation is 1. The second-order valence-corrected chi connectivity index (χ2v) is 7.01. The fraction of sp³-hybridized carbons (Fsp3) is 0.143. The van der Waals surface area contributed by atoms with Gasteiger partial charge in [0.25, 0.3) is 10.0 Å². The van der Waals surface area contributed by atoms with Crippen LogP contribution in [0.2, 0.25) is 0 Å². The molecule has 106 valence electrons. The predicted octanol–water partition coefficient (Wildman–Crippen LogP) is 3.02. The highest BCUT2D eigenvalue weighted by Gasteiger charge is 2.15. The number of hydrogen-bond donors (Lipinski definition) is 2. The summed E-state index contributed by atoms with van der Waals surface area (Å²) in [6.07, 6.45) is 0. The lowest BCUT2D eigenvalue weighted by Gasteiger charge is -2.11. The normalized spacial score (nSPS) is 11.3. The number of rotatable bonds is 4. The first-order valence-corrected chi connectivity index (χ1v) is 8.28. The molecule has 0 saturated heterocycles. The third kappa shape index (κ3) is 3.39. The van der Waals surface area contributed by atoms with Crippen LogP contribution >= 0.6 is 15.9 Å². The van der Waals surface area contributed by atoms with Crippen molar-refractivity contribution in [2.45, 2.75) is 18.4 Å². The van der Waals surface area contributed by atoms with E-state index in [1.807, 2.05) is 19.1 Å². The minimum atomic E-state index is -3.61. The molecule has 0 aromatic heterocycles. The summed E-state index contributed by atoms with van der Waals surface area (Å²) in [7, 11) is -3.61. The van der Waals surface area contributed by atoms with Crippen LogP contribution in [0.1, 0.15) is 11.1 Å². The number of nitrogens with one attached hydrogen (secondary N) is 1. The van der Waals surface area contributed by atoms with Crippen molar-refractivity contribution in [2.24, 2.45) is 5.73 Å². The molecule has 2 rings (SSSR count). The maximum absolute atomic E-state index is 12.4. The second kappa shape index (κ2) is 5.95. The van der Waals surface area contributed by atoms with Gasteiger partial charge in [0.2, 0.25) is 0 Å². The first-order valence-electron chi connectivity index (χ1n) is 6.00. The van der Waals surface area contributed by atoms with Crippen LogP contribution in [-0.4, -0.2) is 8.42 Å². The lowest BCUT2D eigenvalue weighted by Crippen LogP contribution is -2.14. The van der Waals surface area contributed by atoms with Crippen LogP contribution in [0.25, 0.3) is 0 Å². The maximum Gasteiger partial charge on any atom is 0.261 e. The van der Waals surface area contributed by atoms with Crippen molar-refractivity contribution >= 4 is 31.6 Å². The van der Waals surface area contributed by atoms with Gasteiger partial charge in [-0.3, -0.25) is 4.72 Å². The number of halogens is 1. The van der Waals surface area contributed by atoms with E-state index in [9.17, 15) is 8.42 Å². The van der Waals surface area contributed by atoms with Crippen LogP contribution in [-0.2, 0) is 16.6 Å². The highest BCUT2D eigenvalue weighted by atomic mass is 79.9. The molecule has 0 aliphatic heterocycles. The van der Waals surface area contributed by atoms with E-state index in [0.717, 1.165) is 15.6 Å². The van der Waals surface area contributed by atoms with Gasteiger partial charge >= 0.3 is 0 Å². The molecule has 0 unspecified atom stereocenters. The monoisotopic (exact) mass is 354 g/mol. The molecule has 0 saturated carbocycles. The second-order valence-electron chi connectivity index (χ2n) is 4.42. The number of nitrogens with two attached hydrogens (primary N) is 1. The molecule has 20 heavy (non-hydrogen) atoms. The average molecular weight is 355 g/mol. The standard InChI is InChI=1S/C14H15BrN2O2S/c1-10-5-6-12(15)8-14(10)17-20(18,19)13-4-2-3-11(7-13)9-16/h2-8,17H,9,16H2,1H3. The Hall–Kier alpha value is -1.37. The minimum absolute atomic E-state index is 0.208. The van der Waals surface area contributed by atoms with Crippen LogP contribution < -0.4 is 10.5 Å². The molecular weight excluding hydrogens is 340 g/mol. The van der Waals surface area contributed by atoms with Gasteiger partial charge in [0.1, 0.15) is 0 Å². The topological polar surface area (TPSA) is 72.2 Å². The Labute approximate surface area is 127 Å². The van der Waals surface area contributed by atoms with E-state index in [2.05, 4.69) is 20.7 Å². The molecule has 0 atom stereocenters. The highest BCUT2D eigenvalue weighted by molar-refractivity contribution is 9.10. The van der Waals surface area contributed by atoms with Crippen molar-refractivity contribution in [3.63, 3.8) is 0 Å². The Kier molecular flexibility index (Phi) is 4.47. The van der Waals surface area contributed by atoms with Crippen LogP contribution in [0.3, 0.4) is 0 Å². The third-order valence-corrected chi connectivity index (χ3v) is 4.74. The van der Waals surface area contributed by atoms with Gasteiger partial charge in [0, 0.05) is 11.0 Å². The van der Waals surface area contributed by atoms with Gasteiger partial charge < -0.3 is 5.73 Å². The summed E-state index contributed by atoms with van der Waals surface area (Å²) in [6.45, 7) is 2.15. The van der Waals surface area contributed by atoms with Crippen molar-refractivity contribution in [3.05, 3.63) is 58.1 Å². The molecule has 3 N–H and O–H groups in total. The van der Waals surface area contributed by atoms with Crippen LogP contribution in [0, 0.1) is 6.92 Å². The van der Waals surface area contributed by atoms with E-state index in [0.29, 0.717) is 12.2 Å². The molecule has 2 aromatic rings. The van der Waals surface area contributed by atoms with Crippen molar-refractivity contribution in [3.8, 4) is 0 Å². The highest BCUT2D eigenvalue weighted by Crippen LogP contribution is 2.24. The number of sulfonamides is 1. The Morgan fingerprint density at radius 1 is 1.20 bits per heavy atom. The van der Waals surface area contributed by atoms with Crippen molar-refractivity contribution in [1.82, 2.24) is 0 Å². The molecule has 0 heterocycles. The summed E-state index contributed by atoms with van der Waals surface area (Å²) in [6, 6.07) is 12.1. The van der Waals surface area contributed by atoms with Crippen molar-refractivity contribution < 1.29 is 8.42 Å². The van der Waals surface area contributed by atoms with E-state index < -0.39 is 10.0 Å². The number of hydrogen-bond acceptors (Lipinski definition) is 3. The minimum Gasteiger partial charge on any atom is -0.326 e. The summed E-state index contributed by atoms with van der Waals surface area (Å²) >= 11 is 3.33. The van der Waals surface area contributed by atoms with Gasteiger partial charge in [-0.05, 0) is 42.3 Å². The third-order valence-electron chi connectivity index (χ3n) is 2.89. The smallest absolute Gasteiger partial charge is 0.261 e. The molecule has 6 heteroatoms. The lowest BCUT2D eigenvalue weighted by molar-refractivity contribution is 0.601. The summed E-state index contributed by atoms with van der Waals surface area (Å²) in [5, 5.41) is 0. The van der Waals surface area contributed by atoms with Gasteiger partial charge in [0.05, 0.1) is 10.6 Å².